The summed E-state index contributed by atoms with van der Waals surface area (Å²) in [5.74, 6) is -0.253. The Morgan fingerprint density at radius 1 is 1.14 bits per heavy atom. The Balaban J connectivity index is 1.58. The van der Waals surface area contributed by atoms with Crippen molar-refractivity contribution in [3.05, 3.63) is 59.1 Å². The Morgan fingerprint density at radius 2 is 1.86 bits per heavy atom. The Labute approximate surface area is 173 Å². The molecule has 0 saturated carbocycles. The number of halogens is 1. The van der Waals surface area contributed by atoms with Crippen LogP contribution >= 0.6 is 11.6 Å². The van der Waals surface area contributed by atoms with Gasteiger partial charge in [0.15, 0.2) is 0 Å². The number of anilines is 1. The molecule has 2 aromatic carbocycles. The number of aromatic nitrogens is 4. The minimum Gasteiger partial charge on any atom is -0.335 e. The maximum absolute atomic E-state index is 12.4. The molecule has 0 aliphatic rings. The monoisotopic (exact) mass is 412 g/mol. The highest BCUT2D eigenvalue weighted by Crippen LogP contribution is 2.23. The fraction of sp³-hybridized carbons (Fsp3) is 0.250. The van der Waals surface area contributed by atoms with Gasteiger partial charge in [0.2, 0.25) is 17.6 Å². The lowest BCUT2D eigenvalue weighted by Crippen LogP contribution is -2.37. The quantitative estimate of drug-likeness (QED) is 0.644. The van der Waals surface area contributed by atoms with Crippen molar-refractivity contribution in [2.24, 2.45) is 0 Å². The number of likely N-dealkylation sites (N-methyl/N-ethyl adjacent to an activating group) is 1. The molecule has 8 nitrogen and oxygen atoms in total. The van der Waals surface area contributed by atoms with Crippen molar-refractivity contribution in [2.75, 3.05) is 18.9 Å². The molecule has 0 aliphatic heterocycles. The largest absolute Gasteiger partial charge is 0.335 e. The number of amides is 2. The number of hydrogen-bond donors (Lipinski definition) is 1. The van der Waals surface area contributed by atoms with Gasteiger partial charge in [0.25, 0.3) is 0 Å². The SMILES string of the molecule is CCc1ccccc1NC(=O)CN(C)C(=O)Cn1nnc(-c2ccccc2Cl)n1. The molecule has 3 aromatic rings. The van der Waals surface area contributed by atoms with E-state index in [0.29, 0.717) is 16.4 Å². The summed E-state index contributed by atoms with van der Waals surface area (Å²) in [5.41, 5.74) is 2.42. The van der Waals surface area contributed by atoms with E-state index in [-0.39, 0.29) is 24.9 Å². The highest BCUT2D eigenvalue weighted by molar-refractivity contribution is 6.33. The first-order valence-electron chi connectivity index (χ1n) is 9.12. The first-order chi connectivity index (χ1) is 14.0. The fourth-order valence-corrected chi connectivity index (χ4v) is 2.97. The van der Waals surface area contributed by atoms with Gasteiger partial charge in [0, 0.05) is 18.3 Å². The summed E-state index contributed by atoms with van der Waals surface area (Å²) in [6, 6.07) is 14.7. The maximum Gasteiger partial charge on any atom is 0.246 e. The van der Waals surface area contributed by atoms with Gasteiger partial charge < -0.3 is 10.2 Å². The second-order valence-electron chi connectivity index (χ2n) is 6.43. The molecule has 1 heterocycles. The lowest BCUT2D eigenvalue weighted by atomic mass is 10.1. The number of tetrazole rings is 1. The van der Waals surface area contributed by atoms with E-state index >= 15 is 0 Å². The number of carbonyl (C=O) groups excluding carboxylic acids is 2. The van der Waals surface area contributed by atoms with Gasteiger partial charge in [-0.2, -0.15) is 4.80 Å². The molecule has 3 rings (SSSR count). The van der Waals surface area contributed by atoms with Crippen molar-refractivity contribution >= 4 is 29.1 Å². The molecule has 29 heavy (non-hydrogen) atoms. The van der Waals surface area contributed by atoms with Gasteiger partial charge in [0.05, 0.1) is 11.6 Å². The molecule has 0 bridgehead atoms. The van der Waals surface area contributed by atoms with Crippen LogP contribution in [0.2, 0.25) is 5.02 Å². The van der Waals surface area contributed by atoms with Gasteiger partial charge in [-0.3, -0.25) is 9.59 Å². The molecule has 0 aliphatic carbocycles. The highest BCUT2D eigenvalue weighted by atomic mass is 35.5. The molecule has 0 fully saturated rings. The summed E-state index contributed by atoms with van der Waals surface area (Å²) >= 11 is 6.13. The van der Waals surface area contributed by atoms with Crippen molar-refractivity contribution in [1.82, 2.24) is 25.1 Å². The van der Waals surface area contributed by atoms with Crippen molar-refractivity contribution in [1.29, 1.82) is 0 Å². The van der Waals surface area contributed by atoms with Gasteiger partial charge in [-0.05, 0) is 35.4 Å². The van der Waals surface area contributed by atoms with E-state index in [1.54, 1.807) is 25.2 Å². The van der Waals surface area contributed by atoms with Crippen LogP contribution in [0.3, 0.4) is 0 Å². The predicted molar refractivity (Wildman–Crippen MR) is 110 cm³/mol. The average Bonchev–Trinajstić information content (AvgIpc) is 3.16. The van der Waals surface area contributed by atoms with Gasteiger partial charge in [-0.25, -0.2) is 0 Å². The Bertz CT molecular complexity index is 1020. The van der Waals surface area contributed by atoms with Crippen LogP contribution in [-0.2, 0) is 22.6 Å². The third-order valence-electron chi connectivity index (χ3n) is 4.32. The molecular formula is C20H21ClN6O2. The highest BCUT2D eigenvalue weighted by Gasteiger charge is 2.17. The second kappa shape index (κ2) is 9.29. The molecule has 0 saturated heterocycles. The number of hydrogen-bond acceptors (Lipinski definition) is 5. The van der Waals surface area contributed by atoms with E-state index in [1.807, 2.05) is 37.3 Å². The third kappa shape index (κ3) is 5.17. The summed E-state index contributed by atoms with van der Waals surface area (Å²) in [4.78, 5) is 27.2. The summed E-state index contributed by atoms with van der Waals surface area (Å²) in [6.45, 7) is 1.80. The number of benzene rings is 2. The van der Waals surface area contributed by atoms with E-state index in [4.69, 9.17) is 11.6 Å². The van der Waals surface area contributed by atoms with Gasteiger partial charge in [-0.15, -0.1) is 10.2 Å². The molecule has 0 spiro atoms. The first-order valence-corrected chi connectivity index (χ1v) is 9.50. The zero-order chi connectivity index (χ0) is 20.8. The Kier molecular flexibility index (Phi) is 6.56. The molecule has 2 amide bonds. The minimum absolute atomic E-state index is 0.0804. The van der Waals surface area contributed by atoms with Crippen molar-refractivity contribution in [3.8, 4) is 11.4 Å². The summed E-state index contributed by atoms with van der Waals surface area (Å²) < 4.78 is 0. The van der Waals surface area contributed by atoms with E-state index in [0.717, 1.165) is 17.7 Å². The van der Waals surface area contributed by atoms with Crippen LogP contribution in [0.1, 0.15) is 12.5 Å². The number of nitrogens with zero attached hydrogens (tertiary/aromatic N) is 5. The number of aryl methyl sites for hydroxylation is 1. The fourth-order valence-electron chi connectivity index (χ4n) is 2.75. The van der Waals surface area contributed by atoms with Crippen molar-refractivity contribution in [3.63, 3.8) is 0 Å². The van der Waals surface area contributed by atoms with Crippen molar-refractivity contribution in [2.45, 2.75) is 19.9 Å². The van der Waals surface area contributed by atoms with Gasteiger partial charge in [-0.1, -0.05) is 48.9 Å². The van der Waals surface area contributed by atoms with Gasteiger partial charge >= 0.3 is 0 Å². The summed E-state index contributed by atoms with van der Waals surface area (Å²) in [7, 11) is 1.56. The molecule has 1 aromatic heterocycles. The number of para-hydroxylation sites is 1. The number of carbonyl (C=O) groups is 2. The van der Waals surface area contributed by atoms with Crippen LogP contribution in [0.15, 0.2) is 48.5 Å². The average molecular weight is 413 g/mol. The van der Waals surface area contributed by atoms with Crippen LogP contribution in [0.4, 0.5) is 5.69 Å². The molecule has 1 N–H and O–H groups in total. The van der Waals surface area contributed by atoms with Crippen LogP contribution in [0.25, 0.3) is 11.4 Å². The standard InChI is InChI=1S/C20H21ClN6O2/c1-3-14-8-4-7-11-17(14)22-18(28)12-26(2)19(29)13-27-24-20(23-25-27)15-9-5-6-10-16(15)21/h4-11H,3,12-13H2,1-2H3,(H,22,28). The first kappa shape index (κ1) is 20.5. The lowest BCUT2D eigenvalue weighted by Gasteiger charge is -2.17. The topological polar surface area (TPSA) is 93.0 Å². The third-order valence-corrected chi connectivity index (χ3v) is 4.65. The number of rotatable bonds is 7. The zero-order valence-corrected chi connectivity index (χ0v) is 16.9. The van der Waals surface area contributed by atoms with E-state index in [9.17, 15) is 9.59 Å². The molecule has 0 atom stereocenters. The van der Waals surface area contributed by atoms with Crippen molar-refractivity contribution < 1.29 is 9.59 Å². The maximum atomic E-state index is 12.4. The molecule has 0 radical (unpaired) electrons. The lowest BCUT2D eigenvalue weighted by molar-refractivity contribution is -0.134. The number of nitrogens with one attached hydrogen (secondary N) is 1. The van der Waals surface area contributed by atoms with E-state index < -0.39 is 0 Å². The van der Waals surface area contributed by atoms with Crippen LogP contribution in [0.5, 0.6) is 0 Å². The van der Waals surface area contributed by atoms with Gasteiger partial charge in [0.1, 0.15) is 6.54 Å². The predicted octanol–water partition coefficient (Wildman–Crippen LogP) is 2.65. The van der Waals surface area contributed by atoms with Crippen LogP contribution in [-0.4, -0.2) is 50.5 Å². The normalized spacial score (nSPS) is 10.6. The van der Waals surface area contributed by atoms with E-state index in [1.165, 1.54) is 9.70 Å². The van der Waals surface area contributed by atoms with Crippen LogP contribution < -0.4 is 5.32 Å². The second-order valence-corrected chi connectivity index (χ2v) is 6.84. The molecule has 0 unspecified atom stereocenters. The van der Waals surface area contributed by atoms with Crippen LogP contribution in [0, 0.1) is 0 Å². The smallest absolute Gasteiger partial charge is 0.246 e. The van der Waals surface area contributed by atoms with E-state index in [2.05, 4.69) is 20.7 Å². The minimum atomic E-state index is -0.313. The Hall–Kier alpha value is -3.26. The zero-order valence-electron chi connectivity index (χ0n) is 16.2. The molecular weight excluding hydrogens is 392 g/mol. The Morgan fingerprint density at radius 3 is 2.62 bits per heavy atom. The molecule has 150 valence electrons. The molecule has 9 heteroatoms. The summed E-state index contributed by atoms with van der Waals surface area (Å²) in [6.07, 6.45) is 0.803. The summed E-state index contributed by atoms with van der Waals surface area (Å²) in [5, 5.41) is 15.4.